The Balaban J connectivity index is 1.96. The van der Waals surface area contributed by atoms with Crippen LogP contribution in [0.3, 0.4) is 0 Å². The molecule has 7 nitrogen and oxygen atoms in total. The zero-order valence-corrected chi connectivity index (χ0v) is 19.2. The number of nitrogens with zero attached hydrogens (tertiary/aromatic N) is 1. The van der Waals surface area contributed by atoms with Gasteiger partial charge in [-0.15, -0.1) is 0 Å². The highest BCUT2D eigenvalue weighted by Gasteiger charge is 2.32. The van der Waals surface area contributed by atoms with Crippen LogP contribution in [0.4, 0.5) is 0 Å². The van der Waals surface area contributed by atoms with E-state index in [1.165, 1.54) is 11.2 Å². The lowest BCUT2D eigenvalue weighted by molar-refractivity contribution is 0.0518. The predicted molar refractivity (Wildman–Crippen MR) is 120 cm³/mol. The van der Waals surface area contributed by atoms with E-state index in [4.69, 9.17) is 20.8 Å². The molecule has 32 heavy (non-hydrogen) atoms. The number of aryl methyl sites for hydroxylation is 1. The molecule has 1 atom stereocenters. The summed E-state index contributed by atoms with van der Waals surface area (Å²) in [4.78, 5) is 43.5. The number of H-pyrrole nitrogens is 1. The van der Waals surface area contributed by atoms with Gasteiger partial charge in [0.05, 0.1) is 25.5 Å². The summed E-state index contributed by atoms with van der Waals surface area (Å²) in [6.45, 7) is 7.11. The summed E-state index contributed by atoms with van der Waals surface area (Å²) in [5.74, 6) is -0.609. The second kappa shape index (κ2) is 9.87. The fraction of sp³-hybridized carbons (Fsp3) is 0.292. The van der Waals surface area contributed by atoms with Crippen LogP contribution in [0.15, 0.2) is 47.1 Å². The lowest BCUT2D eigenvalue weighted by Gasteiger charge is -2.28. The highest BCUT2D eigenvalue weighted by molar-refractivity contribution is 6.30. The maximum Gasteiger partial charge on any atom is 0.355 e. The van der Waals surface area contributed by atoms with Crippen LogP contribution in [-0.2, 0) is 11.3 Å². The molecule has 0 radical (unpaired) electrons. The van der Waals surface area contributed by atoms with Crippen molar-refractivity contribution in [1.82, 2.24) is 9.88 Å². The van der Waals surface area contributed by atoms with E-state index in [0.29, 0.717) is 33.2 Å². The SMILES string of the molecule is CCOC(=O)c1[nH]c(C)c(C(=O)[C@H](C)N(Cc2ccco2)C(=O)c2ccc(Cl)cc2)c1C. The number of hydrogen-bond acceptors (Lipinski definition) is 5. The smallest absolute Gasteiger partial charge is 0.355 e. The topological polar surface area (TPSA) is 92.6 Å². The fourth-order valence-electron chi connectivity index (χ4n) is 3.59. The van der Waals surface area contributed by atoms with Crippen LogP contribution in [0, 0.1) is 13.8 Å². The van der Waals surface area contributed by atoms with E-state index < -0.39 is 12.0 Å². The van der Waals surface area contributed by atoms with Gasteiger partial charge in [-0.05, 0) is 69.7 Å². The summed E-state index contributed by atoms with van der Waals surface area (Å²) in [6.07, 6.45) is 1.51. The second-order valence-electron chi connectivity index (χ2n) is 7.41. The summed E-state index contributed by atoms with van der Waals surface area (Å²) in [7, 11) is 0. The van der Waals surface area contributed by atoms with Gasteiger partial charge in [-0.1, -0.05) is 11.6 Å². The Labute approximate surface area is 191 Å². The van der Waals surface area contributed by atoms with Gasteiger partial charge in [-0.25, -0.2) is 4.79 Å². The van der Waals surface area contributed by atoms with Gasteiger partial charge in [0, 0.05) is 21.8 Å². The zero-order chi connectivity index (χ0) is 23.4. The lowest BCUT2D eigenvalue weighted by atomic mass is 9.99. The van der Waals surface area contributed by atoms with Crippen molar-refractivity contribution < 1.29 is 23.5 Å². The molecule has 0 aliphatic carbocycles. The van der Waals surface area contributed by atoms with Crippen molar-refractivity contribution in [3.8, 4) is 0 Å². The lowest BCUT2D eigenvalue weighted by Crippen LogP contribution is -2.43. The minimum Gasteiger partial charge on any atom is -0.467 e. The van der Waals surface area contributed by atoms with Gasteiger partial charge in [0.15, 0.2) is 5.78 Å². The van der Waals surface area contributed by atoms with Crippen LogP contribution in [0.1, 0.15) is 62.1 Å². The Morgan fingerprint density at radius 2 is 1.84 bits per heavy atom. The Morgan fingerprint density at radius 1 is 1.16 bits per heavy atom. The van der Waals surface area contributed by atoms with Crippen LogP contribution in [0.25, 0.3) is 0 Å². The minimum absolute atomic E-state index is 0.106. The van der Waals surface area contributed by atoms with E-state index in [0.717, 1.165) is 0 Å². The number of amides is 1. The number of aromatic nitrogens is 1. The van der Waals surface area contributed by atoms with Crippen molar-refractivity contribution in [3.63, 3.8) is 0 Å². The number of hydrogen-bond donors (Lipinski definition) is 1. The van der Waals surface area contributed by atoms with Crippen LogP contribution in [0.5, 0.6) is 0 Å². The molecule has 168 valence electrons. The van der Waals surface area contributed by atoms with E-state index >= 15 is 0 Å². The third-order valence-corrected chi connectivity index (χ3v) is 5.52. The number of esters is 1. The van der Waals surface area contributed by atoms with Crippen molar-refractivity contribution in [2.24, 2.45) is 0 Å². The first-order valence-corrected chi connectivity index (χ1v) is 10.6. The first-order valence-electron chi connectivity index (χ1n) is 10.2. The van der Waals surface area contributed by atoms with E-state index in [9.17, 15) is 14.4 Å². The third kappa shape index (κ3) is 4.78. The molecule has 0 spiro atoms. The summed E-state index contributed by atoms with van der Waals surface area (Å²) < 4.78 is 10.5. The summed E-state index contributed by atoms with van der Waals surface area (Å²) in [5, 5.41) is 0.508. The molecule has 0 aliphatic heterocycles. The fourth-order valence-corrected chi connectivity index (χ4v) is 3.72. The number of halogens is 1. The number of furan rings is 1. The Morgan fingerprint density at radius 3 is 2.44 bits per heavy atom. The highest BCUT2D eigenvalue weighted by Crippen LogP contribution is 2.24. The molecular formula is C24H25ClN2O5. The van der Waals surface area contributed by atoms with Crippen molar-refractivity contribution in [3.05, 3.63) is 81.5 Å². The molecule has 1 aromatic carbocycles. The normalized spacial score (nSPS) is 11.8. The second-order valence-corrected chi connectivity index (χ2v) is 7.84. The number of rotatable bonds is 8. The third-order valence-electron chi connectivity index (χ3n) is 5.27. The molecule has 0 saturated carbocycles. The number of ether oxygens (including phenoxy) is 1. The van der Waals surface area contributed by atoms with Gasteiger partial charge >= 0.3 is 5.97 Å². The maximum absolute atomic E-state index is 13.5. The number of ketones is 1. The zero-order valence-electron chi connectivity index (χ0n) is 18.4. The van der Waals surface area contributed by atoms with Gasteiger partial charge in [0.2, 0.25) is 0 Å². The molecule has 0 unspecified atom stereocenters. The van der Waals surface area contributed by atoms with Gasteiger partial charge < -0.3 is 19.0 Å². The van der Waals surface area contributed by atoms with Crippen molar-refractivity contribution in [2.45, 2.75) is 40.3 Å². The molecule has 3 aromatic rings. The van der Waals surface area contributed by atoms with E-state index in [2.05, 4.69) is 4.98 Å². The molecule has 0 bridgehead atoms. The van der Waals surface area contributed by atoms with Crippen molar-refractivity contribution in [1.29, 1.82) is 0 Å². The van der Waals surface area contributed by atoms with E-state index in [1.54, 1.807) is 64.1 Å². The molecule has 1 amide bonds. The average Bonchev–Trinajstić information content (AvgIpc) is 3.38. The largest absolute Gasteiger partial charge is 0.467 e. The van der Waals surface area contributed by atoms with Gasteiger partial charge in [-0.2, -0.15) is 0 Å². The molecule has 2 heterocycles. The van der Waals surface area contributed by atoms with Gasteiger partial charge in [0.1, 0.15) is 11.5 Å². The van der Waals surface area contributed by atoms with Crippen LogP contribution in [-0.4, -0.2) is 40.2 Å². The van der Waals surface area contributed by atoms with Gasteiger partial charge in [0.25, 0.3) is 5.91 Å². The minimum atomic E-state index is -0.827. The van der Waals surface area contributed by atoms with Gasteiger partial charge in [-0.3, -0.25) is 9.59 Å². The first kappa shape index (κ1) is 23.3. The first-order chi connectivity index (χ1) is 15.2. The van der Waals surface area contributed by atoms with Crippen LogP contribution >= 0.6 is 11.6 Å². The Kier molecular flexibility index (Phi) is 7.20. The summed E-state index contributed by atoms with van der Waals surface area (Å²) in [6, 6.07) is 9.11. The number of benzene rings is 1. The highest BCUT2D eigenvalue weighted by atomic mass is 35.5. The molecule has 2 aromatic heterocycles. The van der Waals surface area contributed by atoms with E-state index in [1.807, 2.05) is 0 Å². The van der Waals surface area contributed by atoms with Crippen LogP contribution < -0.4 is 0 Å². The molecule has 0 aliphatic rings. The molecule has 8 heteroatoms. The quantitative estimate of drug-likeness (QED) is 0.381. The number of aromatic amines is 1. The summed E-state index contributed by atoms with van der Waals surface area (Å²) >= 11 is 5.95. The Bertz CT molecular complexity index is 1120. The van der Waals surface area contributed by atoms with E-state index in [-0.39, 0.29) is 30.5 Å². The Hall–Kier alpha value is -3.32. The number of Topliss-reactive ketones (excluding diaryl/α,β-unsaturated/α-hetero) is 1. The molecule has 0 saturated heterocycles. The van der Waals surface area contributed by atoms with Crippen molar-refractivity contribution >= 4 is 29.3 Å². The monoisotopic (exact) mass is 456 g/mol. The standard InChI is InChI=1S/C24H25ClN2O5/c1-5-31-24(30)21-14(2)20(15(3)26-21)22(28)16(4)27(13-19-7-6-12-32-19)23(29)17-8-10-18(25)11-9-17/h6-12,16,26H,5,13H2,1-4H3/t16-/m0/s1. The summed E-state index contributed by atoms with van der Waals surface area (Å²) in [5.41, 5.74) is 2.04. The maximum atomic E-state index is 13.5. The molecule has 3 rings (SSSR count). The van der Waals surface area contributed by atoms with Crippen molar-refractivity contribution in [2.75, 3.05) is 6.61 Å². The molecular weight excluding hydrogens is 432 g/mol. The number of carbonyl (C=O) groups is 3. The number of nitrogens with one attached hydrogen (secondary N) is 1. The molecule has 0 fully saturated rings. The average molecular weight is 457 g/mol. The van der Waals surface area contributed by atoms with Crippen LogP contribution in [0.2, 0.25) is 5.02 Å². The number of carbonyl (C=O) groups excluding carboxylic acids is 3. The molecule has 1 N–H and O–H groups in total. The predicted octanol–water partition coefficient (Wildman–Crippen LogP) is 4.97.